The van der Waals surface area contributed by atoms with Crippen LogP contribution in [-0.4, -0.2) is 28.9 Å². The number of ether oxygens (including phenoxy) is 1. The van der Waals surface area contributed by atoms with Crippen molar-refractivity contribution in [3.8, 4) is 11.5 Å². The molecule has 0 spiro atoms. The van der Waals surface area contributed by atoms with Gasteiger partial charge in [0.25, 0.3) is 0 Å². The molecule has 0 amide bonds. The summed E-state index contributed by atoms with van der Waals surface area (Å²) < 4.78 is 5.98. The quantitative estimate of drug-likeness (QED) is 0.778. The molecule has 0 radical (unpaired) electrons. The van der Waals surface area contributed by atoms with Crippen LogP contribution < -0.4 is 4.74 Å². The minimum absolute atomic E-state index is 0.122. The number of benzene rings is 2. The van der Waals surface area contributed by atoms with Gasteiger partial charge in [-0.3, -0.25) is 9.69 Å². The first-order valence-electron chi connectivity index (χ1n) is 10.2. The van der Waals surface area contributed by atoms with Crippen LogP contribution in [0.15, 0.2) is 42.2 Å². The molecule has 4 nitrogen and oxygen atoms in total. The molecule has 0 saturated carbocycles. The number of nitrogens with zero attached hydrogens (tertiary/aromatic N) is 1. The molecule has 2 aliphatic heterocycles. The van der Waals surface area contributed by atoms with Crippen LogP contribution in [0.1, 0.15) is 53.7 Å². The van der Waals surface area contributed by atoms with E-state index in [2.05, 4.69) is 30.9 Å². The number of aryl methyl sites for hydroxylation is 1. The summed E-state index contributed by atoms with van der Waals surface area (Å²) in [5.74, 6) is 1.65. The number of phenols is 1. The fourth-order valence-corrected chi connectivity index (χ4v) is 3.89. The zero-order valence-corrected chi connectivity index (χ0v) is 16.6. The van der Waals surface area contributed by atoms with Crippen LogP contribution in [0.2, 0.25) is 0 Å². The number of aromatic hydroxyl groups is 1. The zero-order valence-electron chi connectivity index (χ0n) is 16.6. The molecule has 0 bridgehead atoms. The van der Waals surface area contributed by atoms with Crippen LogP contribution in [-0.2, 0) is 13.0 Å². The Kier molecular flexibility index (Phi) is 5.23. The first-order chi connectivity index (χ1) is 13.5. The molecule has 0 aliphatic carbocycles. The molecular weight excluding hydrogens is 350 g/mol. The molecule has 146 valence electrons. The van der Waals surface area contributed by atoms with Gasteiger partial charge in [-0.05, 0) is 67.6 Å². The van der Waals surface area contributed by atoms with Gasteiger partial charge < -0.3 is 9.84 Å². The van der Waals surface area contributed by atoms with Crippen molar-refractivity contribution in [3.63, 3.8) is 0 Å². The minimum Gasteiger partial charge on any atom is -0.507 e. The van der Waals surface area contributed by atoms with Crippen molar-refractivity contribution in [3.05, 3.63) is 64.4 Å². The lowest BCUT2D eigenvalue weighted by Gasteiger charge is -2.30. The van der Waals surface area contributed by atoms with Crippen LogP contribution in [0.5, 0.6) is 11.5 Å². The molecule has 1 fully saturated rings. The van der Waals surface area contributed by atoms with Gasteiger partial charge in [0, 0.05) is 6.54 Å². The summed E-state index contributed by atoms with van der Waals surface area (Å²) in [6.45, 7) is 7.01. The summed E-state index contributed by atoms with van der Waals surface area (Å²) in [5.41, 5.74) is 3.44. The number of hydrogen-bond acceptors (Lipinski definition) is 4. The van der Waals surface area contributed by atoms with Crippen LogP contribution in [0.25, 0.3) is 6.08 Å². The second kappa shape index (κ2) is 7.80. The van der Waals surface area contributed by atoms with Crippen molar-refractivity contribution >= 4 is 11.9 Å². The lowest BCUT2D eigenvalue weighted by Crippen LogP contribution is -2.32. The van der Waals surface area contributed by atoms with Crippen LogP contribution >= 0.6 is 0 Å². The Labute approximate surface area is 166 Å². The van der Waals surface area contributed by atoms with Gasteiger partial charge in [-0.25, -0.2) is 0 Å². The highest BCUT2D eigenvalue weighted by Crippen LogP contribution is 2.40. The average molecular weight is 377 g/mol. The molecule has 4 rings (SSSR count). The molecule has 2 aromatic carbocycles. The van der Waals surface area contributed by atoms with Crippen molar-refractivity contribution in [2.75, 3.05) is 13.1 Å². The minimum atomic E-state index is -0.122. The van der Waals surface area contributed by atoms with Crippen molar-refractivity contribution in [2.45, 2.75) is 39.7 Å². The number of fused-ring (bicyclic) bond motifs is 1. The molecule has 2 aromatic rings. The third-order valence-corrected chi connectivity index (χ3v) is 5.86. The molecular formula is C24H27NO3. The largest absolute Gasteiger partial charge is 0.507 e. The van der Waals surface area contributed by atoms with Gasteiger partial charge in [-0.15, -0.1) is 0 Å². The maximum atomic E-state index is 12.8. The number of Topliss-reactive ketones (excluding diaryl/α,β-unsaturated/α-hetero) is 1. The SMILES string of the molecule is CCc1ccc(/C=C2\Oc3c(ccc(O)c3CN3CCC(C)CC3)C2=O)cc1. The van der Waals surface area contributed by atoms with Crippen molar-refractivity contribution in [1.82, 2.24) is 4.90 Å². The number of ketones is 1. The lowest BCUT2D eigenvalue weighted by atomic mass is 9.98. The molecule has 1 saturated heterocycles. The van der Waals surface area contributed by atoms with E-state index in [4.69, 9.17) is 4.74 Å². The predicted molar refractivity (Wildman–Crippen MR) is 111 cm³/mol. The van der Waals surface area contributed by atoms with Gasteiger partial charge in [-0.2, -0.15) is 0 Å². The average Bonchev–Trinajstić information content (AvgIpc) is 3.02. The Balaban J connectivity index is 1.60. The second-order valence-electron chi connectivity index (χ2n) is 7.93. The molecule has 2 aliphatic rings. The maximum absolute atomic E-state index is 12.8. The van der Waals surface area contributed by atoms with E-state index in [-0.39, 0.29) is 11.5 Å². The normalized spacial score (nSPS) is 19.1. The maximum Gasteiger partial charge on any atom is 0.231 e. The molecule has 0 unspecified atom stereocenters. The Morgan fingerprint density at radius 3 is 2.54 bits per heavy atom. The van der Waals surface area contributed by atoms with Gasteiger partial charge in [0.1, 0.15) is 11.5 Å². The Hall–Kier alpha value is -2.59. The number of carbonyl (C=O) groups excluding carboxylic acids is 1. The number of allylic oxidation sites excluding steroid dienone is 1. The molecule has 0 atom stereocenters. The number of carbonyl (C=O) groups is 1. The Morgan fingerprint density at radius 2 is 1.86 bits per heavy atom. The predicted octanol–water partition coefficient (Wildman–Crippen LogP) is 4.80. The summed E-state index contributed by atoms with van der Waals surface area (Å²) in [6.07, 6.45) is 5.09. The standard InChI is InChI=1S/C24H27NO3/c1-3-17-4-6-18(7-5-17)14-22-23(27)19-8-9-21(26)20(24(19)28-22)15-25-12-10-16(2)11-13-25/h4-9,14,16,26H,3,10-13,15H2,1-2H3/b22-14-. The highest BCUT2D eigenvalue weighted by molar-refractivity contribution is 6.15. The molecule has 0 aromatic heterocycles. The number of piperidine rings is 1. The van der Waals surface area contributed by atoms with E-state index in [9.17, 15) is 9.90 Å². The van der Waals surface area contributed by atoms with Crippen LogP contribution in [0, 0.1) is 5.92 Å². The summed E-state index contributed by atoms with van der Waals surface area (Å²) in [5, 5.41) is 10.4. The van der Waals surface area contributed by atoms with E-state index >= 15 is 0 Å². The third kappa shape index (κ3) is 3.69. The number of hydrogen-bond donors (Lipinski definition) is 1. The van der Waals surface area contributed by atoms with E-state index in [1.54, 1.807) is 18.2 Å². The van der Waals surface area contributed by atoms with Gasteiger partial charge in [0.15, 0.2) is 5.76 Å². The lowest BCUT2D eigenvalue weighted by molar-refractivity contribution is 0.101. The van der Waals surface area contributed by atoms with E-state index in [1.807, 2.05) is 12.1 Å². The highest BCUT2D eigenvalue weighted by Gasteiger charge is 2.32. The third-order valence-electron chi connectivity index (χ3n) is 5.86. The summed E-state index contributed by atoms with van der Waals surface area (Å²) in [4.78, 5) is 15.2. The molecule has 1 N–H and O–H groups in total. The fourth-order valence-electron chi connectivity index (χ4n) is 3.89. The zero-order chi connectivity index (χ0) is 19.7. The molecule has 28 heavy (non-hydrogen) atoms. The van der Waals surface area contributed by atoms with Gasteiger partial charge in [0.05, 0.1) is 11.1 Å². The van der Waals surface area contributed by atoms with Crippen molar-refractivity contribution < 1.29 is 14.6 Å². The van der Waals surface area contributed by atoms with Crippen molar-refractivity contribution in [1.29, 1.82) is 0 Å². The number of rotatable bonds is 4. The number of likely N-dealkylation sites (tertiary alicyclic amines) is 1. The molecule has 2 heterocycles. The second-order valence-corrected chi connectivity index (χ2v) is 7.93. The topological polar surface area (TPSA) is 49.8 Å². The van der Waals surface area contributed by atoms with Gasteiger partial charge >= 0.3 is 0 Å². The first-order valence-corrected chi connectivity index (χ1v) is 10.2. The Morgan fingerprint density at radius 1 is 1.14 bits per heavy atom. The van der Waals surface area contributed by atoms with E-state index in [1.165, 1.54) is 5.56 Å². The summed E-state index contributed by atoms with van der Waals surface area (Å²) in [7, 11) is 0. The van der Waals surface area contributed by atoms with Crippen molar-refractivity contribution in [2.24, 2.45) is 5.92 Å². The monoisotopic (exact) mass is 377 g/mol. The van der Waals surface area contributed by atoms with E-state index in [0.717, 1.165) is 43.8 Å². The first kappa shape index (κ1) is 18.8. The fraction of sp³-hybridized carbons (Fsp3) is 0.375. The number of phenolic OH excluding ortho intramolecular Hbond substituents is 1. The summed E-state index contributed by atoms with van der Waals surface area (Å²) in [6, 6.07) is 11.4. The van der Waals surface area contributed by atoms with Gasteiger partial charge in [0.2, 0.25) is 5.78 Å². The summed E-state index contributed by atoms with van der Waals surface area (Å²) >= 11 is 0. The van der Waals surface area contributed by atoms with E-state index in [0.29, 0.717) is 29.2 Å². The smallest absolute Gasteiger partial charge is 0.231 e. The molecule has 4 heteroatoms. The van der Waals surface area contributed by atoms with Crippen LogP contribution in [0.3, 0.4) is 0 Å². The van der Waals surface area contributed by atoms with Crippen LogP contribution in [0.4, 0.5) is 0 Å². The highest BCUT2D eigenvalue weighted by atomic mass is 16.5. The van der Waals surface area contributed by atoms with E-state index < -0.39 is 0 Å². The van der Waals surface area contributed by atoms with Gasteiger partial charge in [-0.1, -0.05) is 38.1 Å². The Bertz CT molecular complexity index is 906.